The van der Waals surface area contributed by atoms with E-state index in [1.165, 1.54) is 51.9 Å². The van der Waals surface area contributed by atoms with Crippen molar-refractivity contribution in [2.24, 2.45) is 5.92 Å². The van der Waals surface area contributed by atoms with Crippen molar-refractivity contribution < 1.29 is 14.4 Å². The predicted octanol–water partition coefficient (Wildman–Crippen LogP) is 3.03. The Morgan fingerprint density at radius 2 is 1.70 bits per heavy atom. The highest BCUT2D eigenvalue weighted by Crippen LogP contribution is 2.24. The number of nitrogens with one attached hydrogen (secondary N) is 2. The lowest BCUT2D eigenvalue weighted by Gasteiger charge is -2.35. The molecule has 1 amide bonds. The van der Waals surface area contributed by atoms with Gasteiger partial charge in [-0.15, -0.1) is 0 Å². The molecule has 2 fully saturated rings. The standard InChI is InChI=1S/C21H31N3O3/c1-16(25)27-23-21(26)18-7-9-20(10-8-18)24-13-11-17(12-14-24)15-22-19-5-3-2-4-6-19/h7-10,17,19,22H,2-6,11-15H2,1H3,(H,23,26). The minimum Gasteiger partial charge on any atom is -0.372 e. The number of carbonyl (C=O) groups excluding carboxylic acids is 2. The van der Waals surface area contributed by atoms with Crippen LogP contribution in [0.1, 0.15) is 62.2 Å². The smallest absolute Gasteiger partial charge is 0.329 e. The molecule has 1 aromatic carbocycles. The fraction of sp³-hybridized carbons (Fsp3) is 0.619. The number of hydrogen-bond acceptors (Lipinski definition) is 5. The lowest BCUT2D eigenvalue weighted by Crippen LogP contribution is -2.40. The van der Waals surface area contributed by atoms with Crippen LogP contribution in [0, 0.1) is 5.92 Å². The van der Waals surface area contributed by atoms with Gasteiger partial charge in [0.1, 0.15) is 0 Å². The predicted molar refractivity (Wildman–Crippen MR) is 105 cm³/mol. The maximum Gasteiger partial charge on any atom is 0.329 e. The fourth-order valence-corrected chi connectivity index (χ4v) is 4.04. The van der Waals surface area contributed by atoms with Crippen LogP contribution >= 0.6 is 0 Å². The van der Waals surface area contributed by atoms with E-state index in [-0.39, 0.29) is 0 Å². The fourth-order valence-electron chi connectivity index (χ4n) is 4.04. The van der Waals surface area contributed by atoms with Gasteiger partial charge >= 0.3 is 5.97 Å². The molecule has 1 saturated heterocycles. The number of anilines is 1. The Morgan fingerprint density at radius 1 is 1.04 bits per heavy atom. The normalized spacial score (nSPS) is 18.9. The Balaban J connectivity index is 1.42. The maximum atomic E-state index is 11.9. The molecule has 0 bridgehead atoms. The first-order chi connectivity index (χ1) is 13.1. The summed E-state index contributed by atoms with van der Waals surface area (Å²) in [6, 6.07) is 8.20. The number of benzene rings is 1. The van der Waals surface area contributed by atoms with Gasteiger partial charge in [-0.25, -0.2) is 0 Å². The van der Waals surface area contributed by atoms with E-state index in [9.17, 15) is 9.59 Å². The Labute approximate surface area is 161 Å². The van der Waals surface area contributed by atoms with Gasteiger partial charge in [0.15, 0.2) is 0 Å². The van der Waals surface area contributed by atoms with Crippen LogP contribution in [0.5, 0.6) is 0 Å². The van der Waals surface area contributed by atoms with Crippen molar-refractivity contribution in [3.05, 3.63) is 29.8 Å². The van der Waals surface area contributed by atoms with Crippen molar-refractivity contribution in [1.29, 1.82) is 0 Å². The Kier molecular flexibility index (Phi) is 7.10. The zero-order valence-corrected chi connectivity index (χ0v) is 16.2. The van der Waals surface area contributed by atoms with Crippen LogP contribution in [0.15, 0.2) is 24.3 Å². The zero-order valence-electron chi connectivity index (χ0n) is 16.2. The molecule has 6 nitrogen and oxygen atoms in total. The minimum absolute atomic E-state index is 0.413. The maximum absolute atomic E-state index is 11.9. The molecule has 1 aliphatic heterocycles. The topological polar surface area (TPSA) is 70.7 Å². The molecule has 148 valence electrons. The number of carbonyl (C=O) groups is 2. The molecular formula is C21H31N3O3. The second-order valence-corrected chi connectivity index (χ2v) is 7.75. The van der Waals surface area contributed by atoms with Crippen LogP contribution < -0.4 is 15.7 Å². The molecule has 27 heavy (non-hydrogen) atoms. The van der Waals surface area contributed by atoms with Gasteiger partial charge < -0.3 is 15.1 Å². The molecular weight excluding hydrogens is 342 g/mol. The molecule has 1 aromatic rings. The van der Waals surface area contributed by atoms with Crippen molar-refractivity contribution in [3.8, 4) is 0 Å². The van der Waals surface area contributed by atoms with Crippen molar-refractivity contribution in [2.45, 2.75) is 57.9 Å². The van der Waals surface area contributed by atoms with Crippen LogP contribution in [-0.2, 0) is 9.63 Å². The molecule has 2 N–H and O–H groups in total. The lowest BCUT2D eigenvalue weighted by molar-refractivity contribution is -0.146. The van der Waals surface area contributed by atoms with E-state index in [1.807, 2.05) is 12.1 Å². The summed E-state index contributed by atoms with van der Waals surface area (Å²) in [5.41, 5.74) is 3.75. The number of amides is 1. The van der Waals surface area contributed by atoms with Gasteiger partial charge in [0.25, 0.3) is 5.91 Å². The minimum atomic E-state index is -0.541. The van der Waals surface area contributed by atoms with Crippen LogP contribution in [0.2, 0.25) is 0 Å². The third-order valence-electron chi connectivity index (χ3n) is 5.70. The molecule has 0 unspecified atom stereocenters. The summed E-state index contributed by atoms with van der Waals surface area (Å²) >= 11 is 0. The average Bonchev–Trinajstić information content (AvgIpc) is 2.72. The van der Waals surface area contributed by atoms with Gasteiger partial charge in [0.05, 0.1) is 0 Å². The first-order valence-electron chi connectivity index (χ1n) is 10.2. The summed E-state index contributed by atoms with van der Waals surface area (Å²) < 4.78 is 0. The zero-order chi connectivity index (χ0) is 19.1. The summed E-state index contributed by atoms with van der Waals surface area (Å²) in [5.74, 6) is -0.193. The summed E-state index contributed by atoms with van der Waals surface area (Å²) in [4.78, 5) is 29.5. The molecule has 0 radical (unpaired) electrons. The quantitative estimate of drug-likeness (QED) is 0.777. The molecule has 0 aromatic heterocycles. The number of hydrogen-bond donors (Lipinski definition) is 2. The van der Waals surface area contributed by atoms with Crippen LogP contribution in [0.4, 0.5) is 5.69 Å². The number of hydroxylamine groups is 1. The largest absolute Gasteiger partial charge is 0.372 e. The summed E-state index contributed by atoms with van der Waals surface area (Å²) in [6.45, 7) is 4.50. The summed E-state index contributed by atoms with van der Waals surface area (Å²) in [6.07, 6.45) is 9.26. The number of piperidine rings is 1. The monoisotopic (exact) mass is 373 g/mol. The van der Waals surface area contributed by atoms with Gasteiger partial charge in [-0.05, 0) is 62.4 Å². The Bertz CT molecular complexity index is 618. The Hall–Kier alpha value is -2.08. The van der Waals surface area contributed by atoms with Gasteiger partial charge in [-0.2, -0.15) is 5.48 Å². The van der Waals surface area contributed by atoms with Gasteiger partial charge in [-0.1, -0.05) is 19.3 Å². The van der Waals surface area contributed by atoms with E-state index >= 15 is 0 Å². The van der Waals surface area contributed by atoms with E-state index in [4.69, 9.17) is 0 Å². The third kappa shape index (κ3) is 5.96. The number of nitrogens with zero attached hydrogens (tertiary/aromatic N) is 1. The highest BCUT2D eigenvalue weighted by molar-refractivity contribution is 5.94. The van der Waals surface area contributed by atoms with Gasteiger partial charge in [0, 0.05) is 37.3 Å². The van der Waals surface area contributed by atoms with Crippen molar-refractivity contribution >= 4 is 17.6 Å². The van der Waals surface area contributed by atoms with E-state index in [2.05, 4.69) is 20.5 Å². The Morgan fingerprint density at radius 3 is 2.33 bits per heavy atom. The van der Waals surface area contributed by atoms with E-state index in [0.29, 0.717) is 5.56 Å². The van der Waals surface area contributed by atoms with E-state index in [1.54, 1.807) is 12.1 Å². The van der Waals surface area contributed by atoms with Gasteiger partial charge in [-0.3, -0.25) is 9.59 Å². The van der Waals surface area contributed by atoms with Crippen LogP contribution in [0.25, 0.3) is 0 Å². The molecule has 1 heterocycles. The van der Waals surface area contributed by atoms with Crippen molar-refractivity contribution in [3.63, 3.8) is 0 Å². The molecule has 6 heteroatoms. The highest BCUT2D eigenvalue weighted by Gasteiger charge is 2.21. The first kappa shape index (κ1) is 19.7. The molecule has 2 aliphatic rings. The second-order valence-electron chi connectivity index (χ2n) is 7.75. The first-order valence-corrected chi connectivity index (χ1v) is 10.2. The third-order valence-corrected chi connectivity index (χ3v) is 5.70. The number of rotatable bonds is 5. The molecule has 3 rings (SSSR count). The van der Waals surface area contributed by atoms with Crippen molar-refractivity contribution in [2.75, 3.05) is 24.5 Å². The van der Waals surface area contributed by atoms with Crippen LogP contribution in [0.3, 0.4) is 0 Å². The average molecular weight is 373 g/mol. The molecule has 1 aliphatic carbocycles. The van der Waals surface area contributed by atoms with Crippen LogP contribution in [-0.4, -0.2) is 37.6 Å². The summed E-state index contributed by atoms with van der Waals surface area (Å²) in [7, 11) is 0. The molecule has 1 saturated carbocycles. The molecule has 0 atom stereocenters. The van der Waals surface area contributed by atoms with Gasteiger partial charge in [0.2, 0.25) is 0 Å². The molecule has 0 spiro atoms. The summed E-state index contributed by atoms with van der Waals surface area (Å²) in [5, 5.41) is 3.79. The highest BCUT2D eigenvalue weighted by atomic mass is 16.7. The lowest BCUT2D eigenvalue weighted by atomic mass is 9.93. The SMILES string of the molecule is CC(=O)ONC(=O)c1ccc(N2CCC(CNC3CCCCC3)CC2)cc1. The second kappa shape index (κ2) is 9.74. The van der Waals surface area contributed by atoms with Crippen molar-refractivity contribution in [1.82, 2.24) is 10.8 Å². The van der Waals surface area contributed by atoms with E-state index < -0.39 is 11.9 Å². The van der Waals surface area contributed by atoms with E-state index in [0.717, 1.165) is 37.3 Å².